The molecule has 3 heteroatoms. The molecule has 0 saturated heterocycles. The van der Waals surface area contributed by atoms with Crippen LogP contribution < -0.4 is 11.1 Å². The Balaban J connectivity index is 2.03. The van der Waals surface area contributed by atoms with E-state index in [-0.39, 0.29) is 17.4 Å². The molecule has 2 bridgehead atoms. The van der Waals surface area contributed by atoms with Gasteiger partial charge in [-0.1, -0.05) is 34.1 Å². The summed E-state index contributed by atoms with van der Waals surface area (Å²) in [5, 5.41) is 3.23. The van der Waals surface area contributed by atoms with Gasteiger partial charge in [-0.2, -0.15) is 0 Å². The normalized spacial score (nSPS) is 38.7. The van der Waals surface area contributed by atoms with E-state index in [1.54, 1.807) is 0 Å². The molecular formula is C15H28N2O. The van der Waals surface area contributed by atoms with Gasteiger partial charge in [0.15, 0.2) is 0 Å². The SMILES string of the molecule is CCC[C@@H](N)C(=O)NC1CC2CCC1(C)C2(C)C. The van der Waals surface area contributed by atoms with Gasteiger partial charge < -0.3 is 11.1 Å². The fraction of sp³-hybridized carbons (Fsp3) is 0.933. The lowest BCUT2D eigenvalue weighted by molar-refractivity contribution is -0.124. The van der Waals surface area contributed by atoms with E-state index in [0.717, 1.165) is 25.2 Å². The van der Waals surface area contributed by atoms with Crippen LogP contribution in [0.2, 0.25) is 0 Å². The minimum atomic E-state index is -0.333. The highest BCUT2D eigenvalue weighted by Crippen LogP contribution is 2.65. The topological polar surface area (TPSA) is 55.1 Å². The first-order valence-corrected chi connectivity index (χ1v) is 7.39. The van der Waals surface area contributed by atoms with Crippen molar-refractivity contribution in [1.82, 2.24) is 5.32 Å². The molecule has 0 aromatic rings. The van der Waals surface area contributed by atoms with E-state index >= 15 is 0 Å². The Labute approximate surface area is 111 Å². The largest absolute Gasteiger partial charge is 0.351 e. The summed E-state index contributed by atoms with van der Waals surface area (Å²) in [7, 11) is 0. The second-order valence-electron chi connectivity index (χ2n) is 7.07. The van der Waals surface area contributed by atoms with Crippen LogP contribution in [0, 0.1) is 16.7 Å². The first-order chi connectivity index (χ1) is 8.33. The van der Waals surface area contributed by atoms with Crippen LogP contribution >= 0.6 is 0 Å². The Bertz CT molecular complexity index is 339. The molecule has 2 saturated carbocycles. The summed E-state index contributed by atoms with van der Waals surface area (Å²) in [6.07, 6.45) is 5.43. The second kappa shape index (κ2) is 4.52. The number of carbonyl (C=O) groups excluding carboxylic acids is 1. The number of nitrogens with two attached hydrogens (primary N) is 1. The average Bonchev–Trinajstić information content (AvgIpc) is 2.62. The Morgan fingerprint density at radius 3 is 2.56 bits per heavy atom. The smallest absolute Gasteiger partial charge is 0.237 e. The molecule has 2 aliphatic rings. The minimum Gasteiger partial charge on any atom is -0.351 e. The van der Waals surface area contributed by atoms with Gasteiger partial charge in [0.25, 0.3) is 0 Å². The zero-order valence-electron chi connectivity index (χ0n) is 12.3. The van der Waals surface area contributed by atoms with Crippen LogP contribution in [-0.4, -0.2) is 18.0 Å². The summed E-state index contributed by atoms with van der Waals surface area (Å²) in [4.78, 5) is 12.1. The number of hydrogen-bond donors (Lipinski definition) is 2. The Morgan fingerprint density at radius 1 is 1.44 bits per heavy atom. The molecule has 0 heterocycles. The fourth-order valence-electron chi connectivity index (χ4n) is 4.14. The number of carbonyl (C=O) groups is 1. The predicted molar refractivity (Wildman–Crippen MR) is 74.0 cm³/mol. The molecule has 3 unspecified atom stereocenters. The summed E-state index contributed by atoms with van der Waals surface area (Å²) < 4.78 is 0. The van der Waals surface area contributed by atoms with E-state index in [1.165, 1.54) is 12.8 Å². The van der Waals surface area contributed by atoms with E-state index in [0.29, 0.717) is 11.5 Å². The van der Waals surface area contributed by atoms with Crippen LogP contribution in [0.5, 0.6) is 0 Å². The highest BCUT2D eigenvalue weighted by molar-refractivity contribution is 5.81. The molecule has 3 nitrogen and oxygen atoms in total. The zero-order chi connectivity index (χ0) is 13.6. The van der Waals surface area contributed by atoms with Crippen LogP contribution in [0.1, 0.15) is 59.8 Å². The highest BCUT2D eigenvalue weighted by Gasteiger charge is 2.61. The number of amides is 1. The third-order valence-corrected chi connectivity index (χ3v) is 6.05. The summed E-state index contributed by atoms with van der Waals surface area (Å²) in [6.45, 7) is 9.14. The molecule has 0 radical (unpaired) electrons. The second-order valence-corrected chi connectivity index (χ2v) is 7.07. The Hall–Kier alpha value is -0.570. The summed E-state index contributed by atoms with van der Waals surface area (Å²) in [6, 6.07) is -0.0116. The zero-order valence-corrected chi connectivity index (χ0v) is 12.3. The fourth-order valence-corrected chi connectivity index (χ4v) is 4.14. The van der Waals surface area contributed by atoms with Crippen molar-refractivity contribution in [3.8, 4) is 0 Å². The number of nitrogens with one attached hydrogen (secondary N) is 1. The van der Waals surface area contributed by atoms with Gasteiger partial charge in [-0.25, -0.2) is 0 Å². The number of fused-ring (bicyclic) bond motifs is 2. The molecule has 2 rings (SSSR count). The van der Waals surface area contributed by atoms with Crippen LogP contribution in [0.15, 0.2) is 0 Å². The third-order valence-electron chi connectivity index (χ3n) is 6.05. The molecule has 104 valence electrons. The van der Waals surface area contributed by atoms with Crippen molar-refractivity contribution in [3.63, 3.8) is 0 Å². The summed E-state index contributed by atoms with van der Waals surface area (Å²) in [5.74, 6) is 0.807. The van der Waals surface area contributed by atoms with Gasteiger partial charge in [0.2, 0.25) is 5.91 Å². The minimum absolute atomic E-state index is 0.0476. The van der Waals surface area contributed by atoms with Gasteiger partial charge in [0.05, 0.1) is 6.04 Å². The molecule has 2 aliphatic carbocycles. The van der Waals surface area contributed by atoms with Gasteiger partial charge >= 0.3 is 0 Å². The van der Waals surface area contributed by atoms with E-state index in [4.69, 9.17) is 5.73 Å². The summed E-state index contributed by atoms with van der Waals surface area (Å²) >= 11 is 0. The maximum absolute atomic E-state index is 12.1. The van der Waals surface area contributed by atoms with Crippen LogP contribution in [-0.2, 0) is 4.79 Å². The molecule has 1 amide bonds. The molecule has 3 N–H and O–H groups in total. The summed E-state index contributed by atoms with van der Waals surface area (Å²) in [5.41, 5.74) is 6.50. The highest BCUT2D eigenvalue weighted by atomic mass is 16.2. The van der Waals surface area contributed by atoms with Gasteiger partial charge in [-0.05, 0) is 42.4 Å². The van der Waals surface area contributed by atoms with Crippen molar-refractivity contribution < 1.29 is 4.79 Å². The first kappa shape index (κ1) is 13.9. The molecule has 4 atom stereocenters. The Morgan fingerprint density at radius 2 is 2.11 bits per heavy atom. The molecular weight excluding hydrogens is 224 g/mol. The van der Waals surface area contributed by atoms with Crippen molar-refractivity contribution in [2.45, 2.75) is 71.9 Å². The van der Waals surface area contributed by atoms with Crippen LogP contribution in [0.3, 0.4) is 0 Å². The Kier molecular flexibility index (Phi) is 3.48. The van der Waals surface area contributed by atoms with Crippen molar-refractivity contribution >= 4 is 5.91 Å². The van der Waals surface area contributed by atoms with Crippen molar-refractivity contribution in [1.29, 1.82) is 0 Å². The molecule has 0 aromatic carbocycles. The average molecular weight is 252 g/mol. The van der Waals surface area contributed by atoms with E-state index in [2.05, 4.69) is 33.0 Å². The van der Waals surface area contributed by atoms with Crippen molar-refractivity contribution in [3.05, 3.63) is 0 Å². The van der Waals surface area contributed by atoms with Gasteiger partial charge in [0.1, 0.15) is 0 Å². The van der Waals surface area contributed by atoms with E-state index in [1.807, 2.05) is 0 Å². The molecule has 18 heavy (non-hydrogen) atoms. The number of hydrogen-bond acceptors (Lipinski definition) is 2. The molecule has 2 fully saturated rings. The van der Waals surface area contributed by atoms with Crippen molar-refractivity contribution in [2.75, 3.05) is 0 Å². The van der Waals surface area contributed by atoms with Gasteiger partial charge in [-0.3, -0.25) is 4.79 Å². The van der Waals surface area contributed by atoms with Crippen molar-refractivity contribution in [2.24, 2.45) is 22.5 Å². The lowest BCUT2D eigenvalue weighted by Gasteiger charge is -2.39. The maximum atomic E-state index is 12.1. The monoisotopic (exact) mass is 252 g/mol. The quantitative estimate of drug-likeness (QED) is 0.807. The maximum Gasteiger partial charge on any atom is 0.237 e. The van der Waals surface area contributed by atoms with Gasteiger partial charge in [0, 0.05) is 6.04 Å². The predicted octanol–water partition coefficient (Wildman–Crippen LogP) is 2.44. The molecule has 0 spiro atoms. The van der Waals surface area contributed by atoms with Gasteiger partial charge in [-0.15, -0.1) is 0 Å². The third kappa shape index (κ3) is 1.87. The molecule has 0 aliphatic heterocycles. The molecule has 0 aromatic heterocycles. The van der Waals surface area contributed by atoms with Crippen LogP contribution in [0.25, 0.3) is 0 Å². The standard InChI is InChI=1S/C15H28N2O/c1-5-6-11(16)13(18)17-12-9-10-7-8-15(12,4)14(10,2)3/h10-12H,5-9,16H2,1-4H3,(H,17,18)/t10?,11-,12?,15?/m1/s1. The van der Waals surface area contributed by atoms with E-state index < -0.39 is 0 Å². The number of rotatable bonds is 4. The lowest BCUT2D eigenvalue weighted by Crippen LogP contribution is -2.51. The van der Waals surface area contributed by atoms with Crippen LogP contribution in [0.4, 0.5) is 0 Å². The first-order valence-electron chi connectivity index (χ1n) is 7.39. The van der Waals surface area contributed by atoms with E-state index in [9.17, 15) is 4.79 Å². The lowest BCUT2D eigenvalue weighted by atomic mass is 9.69.